The largest absolute Gasteiger partial charge is 0.494 e. The fourth-order valence-corrected chi connectivity index (χ4v) is 7.65. The van der Waals surface area contributed by atoms with Crippen molar-refractivity contribution in [1.29, 1.82) is 0 Å². The first-order chi connectivity index (χ1) is 27.2. The van der Waals surface area contributed by atoms with Gasteiger partial charge in [0, 0.05) is 48.3 Å². The Hall–Kier alpha value is -4.14. The Morgan fingerprint density at radius 2 is 1.56 bits per heavy atom. The number of carbonyl (C=O) groups excluding carboxylic acids is 3. The molecule has 2 aliphatic heterocycles. The Balaban J connectivity index is 1.55. The summed E-state index contributed by atoms with van der Waals surface area (Å²) in [4.78, 5) is 46.5. The van der Waals surface area contributed by atoms with Gasteiger partial charge < -0.3 is 32.8 Å². The topological polar surface area (TPSA) is 131 Å². The number of carbonyl (C=O) groups is 3. The van der Waals surface area contributed by atoms with Gasteiger partial charge in [0.25, 0.3) is 0 Å². The predicted octanol–water partition coefficient (Wildman–Crippen LogP) is 8.64. The molecule has 3 atom stereocenters. The zero-order chi connectivity index (χ0) is 44.0. The molecule has 2 aromatic heterocycles. The Kier molecular flexibility index (Phi) is 13.0. The molecule has 2 saturated heterocycles. The standard InChI is InChI=1S/C45H67BN4O9/c1-17-48-34-21-20-30(46-58-44(12,13)45(14,15)59-46)25-32(34)33(37(48)31-19-18-23-47-35(31)29(3)54-16)26-43(10,11)27-55-38(51)36-28(2)22-24-49(39(52)56-41(4,5)6)50(36)40(53)57-42(7,8)9/h18-21,23,25,28-29,36H,17,22,24,26-27H2,1-16H3/t28-,29?,36-/m0/s1. The molecular weight excluding hydrogens is 751 g/mol. The number of ether oxygens (including phenoxy) is 4. The van der Waals surface area contributed by atoms with Crippen molar-refractivity contribution in [3.63, 3.8) is 0 Å². The number of hydrogen-bond donors (Lipinski definition) is 0. The van der Waals surface area contributed by atoms with Crippen LogP contribution in [0, 0.1) is 11.3 Å². The first kappa shape index (κ1) is 45.9. The molecule has 0 bridgehead atoms. The van der Waals surface area contributed by atoms with Crippen molar-refractivity contribution in [2.45, 2.75) is 158 Å². The summed E-state index contributed by atoms with van der Waals surface area (Å²) in [6.45, 7) is 29.6. The molecule has 2 fully saturated rings. The van der Waals surface area contributed by atoms with Crippen LogP contribution in [0.15, 0.2) is 36.5 Å². The molecule has 3 aromatic rings. The van der Waals surface area contributed by atoms with Crippen molar-refractivity contribution < 1.29 is 42.6 Å². The van der Waals surface area contributed by atoms with E-state index in [2.05, 4.69) is 49.6 Å². The number of amides is 2. The van der Waals surface area contributed by atoms with Gasteiger partial charge in [0.1, 0.15) is 11.2 Å². The molecule has 0 spiro atoms. The molecule has 1 aromatic carbocycles. The van der Waals surface area contributed by atoms with Crippen LogP contribution in [0.25, 0.3) is 22.2 Å². The van der Waals surface area contributed by atoms with Gasteiger partial charge in [-0.05, 0) is 131 Å². The van der Waals surface area contributed by atoms with Crippen LogP contribution in [0.5, 0.6) is 0 Å². The van der Waals surface area contributed by atoms with Gasteiger partial charge in [-0.3, -0.25) is 4.98 Å². The van der Waals surface area contributed by atoms with Gasteiger partial charge in [-0.1, -0.05) is 32.9 Å². The van der Waals surface area contributed by atoms with Crippen molar-refractivity contribution in [2.24, 2.45) is 11.3 Å². The van der Waals surface area contributed by atoms with Crippen molar-refractivity contribution in [3.05, 3.63) is 47.8 Å². The van der Waals surface area contributed by atoms with Crippen molar-refractivity contribution >= 4 is 41.6 Å². The predicted molar refractivity (Wildman–Crippen MR) is 229 cm³/mol. The Bertz CT molecular complexity index is 2010. The number of nitrogens with zero attached hydrogens (tertiary/aromatic N) is 4. The highest BCUT2D eigenvalue weighted by atomic mass is 16.7. The highest BCUT2D eigenvalue weighted by Gasteiger charge is 2.52. The maximum absolute atomic E-state index is 14.3. The number of fused-ring (bicyclic) bond motifs is 1. The molecule has 1 unspecified atom stereocenters. The Labute approximate surface area is 351 Å². The van der Waals surface area contributed by atoms with E-state index in [0.29, 0.717) is 19.4 Å². The normalized spacial score (nSPS) is 20.2. The van der Waals surface area contributed by atoms with E-state index in [1.807, 2.05) is 47.6 Å². The van der Waals surface area contributed by atoms with E-state index in [1.165, 1.54) is 5.01 Å². The third kappa shape index (κ3) is 9.92. The summed E-state index contributed by atoms with van der Waals surface area (Å²) in [6.07, 6.45) is 0.877. The second-order valence-corrected chi connectivity index (χ2v) is 19.8. The van der Waals surface area contributed by atoms with E-state index in [-0.39, 0.29) is 25.2 Å². The van der Waals surface area contributed by atoms with E-state index < -0.39 is 59.1 Å². The van der Waals surface area contributed by atoms with Crippen LogP contribution in [0.1, 0.15) is 128 Å². The highest BCUT2D eigenvalue weighted by molar-refractivity contribution is 6.62. The van der Waals surface area contributed by atoms with Crippen LogP contribution in [-0.2, 0) is 46.0 Å². The molecule has 0 radical (unpaired) electrons. The fraction of sp³-hybridized carbons (Fsp3) is 0.644. The minimum absolute atomic E-state index is 0.0210. The molecule has 0 N–H and O–H groups in total. The maximum atomic E-state index is 14.3. The van der Waals surface area contributed by atoms with Gasteiger partial charge in [0.2, 0.25) is 0 Å². The number of esters is 1. The van der Waals surface area contributed by atoms with Gasteiger partial charge >= 0.3 is 25.3 Å². The van der Waals surface area contributed by atoms with Gasteiger partial charge in [-0.25, -0.2) is 19.4 Å². The van der Waals surface area contributed by atoms with Crippen molar-refractivity contribution in [1.82, 2.24) is 19.6 Å². The van der Waals surface area contributed by atoms with E-state index in [4.69, 9.17) is 33.2 Å². The van der Waals surface area contributed by atoms with Gasteiger partial charge in [-0.2, -0.15) is 5.01 Å². The summed E-state index contributed by atoms with van der Waals surface area (Å²) in [5.74, 6) is -0.974. The van der Waals surface area contributed by atoms with Crippen molar-refractivity contribution in [2.75, 3.05) is 20.3 Å². The summed E-state index contributed by atoms with van der Waals surface area (Å²) < 4.78 is 38.7. The monoisotopic (exact) mass is 819 g/mol. The zero-order valence-corrected chi connectivity index (χ0v) is 38.3. The SMILES string of the molecule is CCn1c(-c2cccnc2C(C)OC)c(CC(C)(C)COC(=O)[C@@H]2[C@@H](C)CCN(C(=O)OC(C)(C)C)N2C(=O)OC(C)(C)C)c2cc(B3OC(C)(C)C(C)(C)O3)ccc21. The zero-order valence-electron chi connectivity index (χ0n) is 38.3. The molecule has 324 valence electrons. The second kappa shape index (κ2) is 16.7. The first-order valence-electron chi connectivity index (χ1n) is 20.9. The van der Waals surface area contributed by atoms with Gasteiger partial charge in [0.15, 0.2) is 6.04 Å². The maximum Gasteiger partial charge on any atom is 0.494 e. The van der Waals surface area contributed by atoms with Crippen LogP contribution in [0.4, 0.5) is 9.59 Å². The third-order valence-corrected chi connectivity index (χ3v) is 11.4. The smallest absolute Gasteiger partial charge is 0.464 e. The lowest BCUT2D eigenvalue weighted by Gasteiger charge is -2.45. The van der Waals surface area contributed by atoms with E-state index in [1.54, 1.807) is 54.8 Å². The Morgan fingerprint density at radius 1 is 0.949 bits per heavy atom. The lowest BCUT2D eigenvalue weighted by molar-refractivity contribution is -0.169. The highest BCUT2D eigenvalue weighted by Crippen LogP contribution is 2.42. The molecule has 13 nitrogen and oxygen atoms in total. The van der Waals surface area contributed by atoms with Gasteiger partial charge in [-0.15, -0.1) is 0 Å². The number of aryl methyl sites for hydroxylation is 1. The lowest BCUT2D eigenvalue weighted by atomic mass is 9.77. The molecule has 14 heteroatoms. The fourth-order valence-electron chi connectivity index (χ4n) is 7.65. The summed E-state index contributed by atoms with van der Waals surface area (Å²) in [5.41, 5.74) is 2.40. The molecule has 59 heavy (non-hydrogen) atoms. The van der Waals surface area contributed by atoms with E-state index in [9.17, 15) is 14.4 Å². The summed E-state index contributed by atoms with van der Waals surface area (Å²) in [6, 6.07) is 9.25. The number of hydrogen-bond acceptors (Lipinski definition) is 10. The second-order valence-electron chi connectivity index (χ2n) is 19.8. The average molecular weight is 819 g/mol. The summed E-state index contributed by atoms with van der Waals surface area (Å²) in [5, 5.41) is 3.29. The summed E-state index contributed by atoms with van der Waals surface area (Å²) in [7, 11) is 1.12. The van der Waals surface area contributed by atoms with Crippen LogP contribution < -0.4 is 5.46 Å². The van der Waals surface area contributed by atoms with Gasteiger partial charge in [0.05, 0.1) is 35.3 Å². The van der Waals surface area contributed by atoms with Crippen LogP contribution in [0.3, 0.4) is 0 Å². The van der Waals surface area contributed by atoms with E-state index in [0.717, 1.165) is 43.9 Å². The lowest BCUT2D eigenvalue weighted by Crippen LogP contribution is -2.64. The number of hydrazine groups is 1. The molecule has 2 amide bonds. The number of aromatic nitrogens is 2. The molecule has 5 rings (SSSR count). The molecule has 0 aliphatic carbocycles. The number of methoxy groups -OCH3 is 1. The van der Waals surface area contributed by atoms with Crippen LogP contribution >= 0.6 is 0 Å². The Morgan fingerprint density at radius 3 is 2.14 bits per heavy atom. The number of pyridine rings is 1. The van der Waals surface area contributed by atoms with Crippen LogP contribution in [-0.4, -0.2) is 93.6 Å². The first-order valence-corrected chi connectivity index (χ1v) is 20.9. The quantitative estimate of drug-likeness (QED) is 0.111. The molecule has 0 saturated carbocycles. The van der Waals surface area contributed by atoms with Crippen molar-refractivity contribution in [3.8, 4) is 11.3 Å². The van der Waals surface area contributed by atoms with E-state index >= 15 is 0 Å². The minimum atomic E-state index is -1.13. The van der Waals surface area contributed by atoms with Crippen LogP contribution in [0.2, 0.25) is 0 Å². The average Bonchev–Trinajstić information content (AvgIpc) is 3.54. The molecule has 4 heterocycles. The minimum Gasteiger partial charge on any atom is -0.464 e. The molecular formula is C45H67BN4O9. The summed E-state index contributed by atoms with van der Waals surface area (Å²) >= 11 is 0. The number of rotatable bonds is 10. The number of benzene rings is 1. The molecule has 2 aliphatic rings. The third-order valence-electron chi connectivity index (χ3n) is 11.4.